The lowest BCUT2D eigenvalue weighted by Crippen LogP contribution is -2.08. The lowest BCUT2D eigenvalue weighted by atomic mass is 10.2. The molecule has 0 fully saturated rings. The normalized spacial score (nSPS) is 11.0. The van der Waals surface area contributed by atoms with Gasteiger partial charge in [0.2, 0.25) is 17.5 Å². The summed E-state index contributed by atoms with van der Waals surface area (Å²) in [5.41, 5.74) is 1.05. The summed E-state index contributed by atoms with van der Waals surface area (Å²) in [4.78, 5) is 4.09. The molecule has 0 aliphatic rings. The highest BCUT2D eigenvalue weighted by molar-refractivity contribution is 5.67. The van der Waals surface area contributed by atoms with E-state index in [9.17, 15) is 4.39 Å². The van der Waals surface area contributed by atoms with E-state index in [-0.39, 0.29) is 11.5 Å². The molecular formula is C16H16FN3O. The van der Waals surface area contributed by atoms with Gasteiger partial charge in [-0.2, -0.15) is 10.2 Å². The molecule has 4 nitrogen and oxygen atoms in total. The summed E-state index contributed by atoms with van der Waals surface area (Å²) in [7, 11) is 0. The molecule has 1 aromatic carbocycles. The Balaban J connectivity index is 2.13. The first-order valence-electron chi connectivity index (χ1n) is 6.67. The molecule has 0 unspecified atom stereocenters. The van der Waals surface area contributed by atoms with Crippen LogP contribution in [0.15, 0.2) is 28.7 Å². The zero-order valence-electron chi connectivity index (χ0n) is 11.9. The van der Waals surface area contributed by atoms with Crippen LogP contribution in [0.25, 0.3) is 12.2 Å². The minimum Gasteiger partial charge on any atom is -0.420 e. The van der Waals surface area contributed by atoms with Gasteiger partial charge in [0, 0.05) is 12.6 Å². The molecular weight excluding hydrogens is 269 g/mol. The van der Waals surface area contributed by atoms with E-state index in [0.29, 0.717) is 24.2 Å². The Hall–Kier alpha value is -2.61. The predicted octanol–water partition coefficient (Wildman–Crippen LogP) is 3.92. The fourth-order valence-electron chi connectivity index (χ4n) is 1.64. The highest BCUT2D eigenvalue weighted by Gasteiger charge is 2.11. The summed E-state index contributed by atoms with van der Waals surface area (Å²) in [5.74, 6) is 0.863. The van der Waals surface area contributed by atoms with E-state index in [1.807, 2.05) is 6.07 Å². The van der Waals surface area contributed by atoms with Gasteiger partial charge in [-0.25, -0.2) is 4.39 Å². The van der Waals surface area contributed by atoms with E-state index in [1.165, 1.54) is 12.1 Å². The number of halogens is 1. The van der Waals surface area contributed by atoms with E-state index in [2.05, 4.69) is 24.1 Å². The third kappa shape index (κ3) is 4.18. The Morgan fingerprint density at radius 3 is 2.67 bits per heavy atom. The maximum Gasteiger partial charge on any atom is 0.232 e. The third-order valence-electron chi connectivity index (χ3n) is 2.71. The third-order valence-corrected chi connectivity index (χ3v) is 2.71. The molecule has 1 N–H and O–H groups in total. The highest BCUT2D eigenvalue weighted by Crippen LogP contribution is 2.18. The average molecular weight is 285 g/mol. The SMILES string of the molecule is CC(C)CNc1oc(C=Cc2ccc(F)cc2)nc1C#N. The smallest absolute Gasteiger partial charge is 0.232 e. The zero-order chi connectivity index (χ0) is 15.2. The fourth-order valence-corrected chi connectivity index (χ4v) is 1.64. The fraction of sp³-hybridized carbons (Fsp3) is 0.250. The highest BCUT2D eigenvalue weighted by atomic mass is 19.1. The van der Waals surface area contributed by atoms with Gasteiger partial charge < -0.3 is 9.73 Å². The molecule has 0 aliphatic carbocycles. The van der Waals surface area contributed by atoms with Crippen molar-refractivity contribution in [2.75, 3.05) is 11.9 Å². The van der Waals surface area contributed by atoms with Crippen molar-refractivity contribution in [2.45, 2.75) is 13.8 Å². The van der Waals surface area contributed by atoms with Crippen LogP contribution in [0, 0.1) is 23.1 Å². The topological polar surface area (TPSA) is 61.9 Å². The predicted molar refractivity (Wildman–Crippen MR) is 79.9 cm³/mol. The Morgan fingerprint density at radius 1 is 1.33 bits per heavy atom. The van der Waals surface area contributed by atoms with Crippen molar-refractivity contribution < 1.29 is 8.81 Å². The second-order valence-corrected chi connectivity index (χ2v) is 5.00. The van der Waals surface area contributed by atoms with Crippen LogP contribution in [-0.4, -0.2) is 11.5 Å². The van der Waals surface area contributed by atoms with E-state index < -0.39 is 0 Å². The standard InChI is InChI=1S/C16H16FN3O/c1-11(2)10-19-16-14(9-18)20-15(21-16)8-5-12-3-6-13(17)7-4-12/h3-8,11,19H,10H2,1-2H3. The maximum atomic E-state index is 12.8. The summed E-state index contributed by atoms with van der Waals surface area (Å²) in [6.07, 6.45) is 3.40. The molecule has 1 heterocycles. The number of nitriles is 1. The van der Waals surface area contributed by atoms with Crippen molar-refractivity contribution in [2.24, 2.45) is 5.92 Å². The molecule has 0 saturated heterocycles. The largest absolute Gasteiger partial charge is 0.420 e. The van der Waals surface area contributed by atoms with Gasteiger partial charge in [-0.1, -0.05) is 26.0 Å². The number of rotatable bonds is 5. The van der Waals surface area contributed by atoms with Crippen LogP contribution >= 0.6 is 0 Å². The number of aromatic nitrogens is 1. The van der Waals surface area contributed by atoms with Crippen molar-refractivity contribution in [3.8, 4) is 6.07 Å². The molecule has 0 atom stereocenters. The average Bonchev–Trinajstić information content (AvgIpc) is 2.87. The van der Waals surface area contributed by atoms with Crippen LogP contribution in [-0.2, 0) is 0 Å². The molecule has 0 bridgehead atoms. The quantitative estimate of drug-likeness (QED) is 0.904. The van der Waals surface area contributed by atoms with Gasteiger partial charge in [0.25, 0.3) is 0 Å². The van der Waals surface area contributed by atoms with E-state index in [4.69, 9.17) is 9.68 Å². The van der Waals surface area contributed by atoms with Crippen LogP contribution in [0.3, 0.4) is 0 Å². The number of hydrogen-bond donors (Lipinski definition) is 1. The van der Waals surface area contributed by atoms with Crippen molar-refractivity contribution in [1.29, 1.82) is 5.26 Å². The first kappa shape index (κ1) is 14.8. The molecule has 0 aliphatic heterocycles. The van der Waals surface area contributed by atoms with Crippen LogP contribution in [0.2, 0.25) is 0 Å². The van der Waals surface area contributed by atoms with Crippen molar-refractivity contribution >= 4 is 18.0 Å². The van der Waals surface area contributed by atoms with Gasteiger partial charge >= 0.3 is 0 Å². The van der Waals surface area contributed by atoms with Gasteiger partial charge in [0.05, 0.1) is 0 Å². The molecule has 108 valence electrons. The first-order chi connectivity index (χ1) is 10.1. The summed E-state index contributed by atoms with van der Waals surface area (Å²) >= 11 is 0. The number of benzene rings is 1. The lowest BCUT2D eigenvalue weighted by molar-refractivity contribution is 0.550. The summed E-state index contributed by atoms with van der Waals surface area (Å²) in [5, 5.41) is 12.1. The van der Waals surface area contributed by atoms with Crippen LogP contribution in [0.4, 0.5) is 10.3 Å². The van der Waals surface area contributed by atoms with Crippen molar-refractivity contribution in [3.05, 3.63) is 47.2 Å². The Bertz CT molecular complexity index is 666. The molecule has 5 heteroatoms. The van der Waals surface area contributed by atoms with Crippen LogP contribution in [0.1, 0.15) is 31.0 Å². The Morgan fingerprint density at radius 2 is 2.05 bits per heavy atom. The Labute approximate surface area is 122 Å². The minimum absolute atomic E-state index is 0.231. The molecule has 21 heavy (non-hydrogen) atoms. The summed E-state index contributed by atoms with van der Waals surface area (Å²) in [6.45, 7) is 4.82. The minimum atomic E-state index is -0.282. The lowest BCUT2D eigenvalue weighted by Gasteiger charge is -2.04. The van der Waals surface area contributed by atoms with E-state index >= 15 is 0 Å². The zero-order valence-corrected chi connectivity index (χ0v) is 11.9. The summed E-state index contributed by atoms with van der Waals surface area (Å²) in [6, 6.07) is 8.06. The van der Waals surface area contributed by atoms with E-state index in [0.717, 1.165) is 5.56 Å². The van der Waals surface area contributed by atoms with Crippen LogP contribution in [0.5, 0.6) is 0 Å². The van der Waals surface area contributed by atoms with E-state index in [1.54, 1.807) is 24.3 Å². The maximum absolute atomic E-state index is 12.8. The molecule has 0 saturated carbocycles. The van der Waals surface area contributed by atoms with Gasteiger partial charge in [0.1, 0.15) is 11.9 Å². The second-order valence-electron chi connectivity index (χ2n) is 5.00. The summed E-state index contributed by atoms with van der Waals surface area (Å²) < 4.78 is 18.3. The van der Waals surface area contributed by atoms with Crippen LogP contribution < -0.4 is 5.32 Å². The molecule has 0 spiro atoms. The monoisotopic (exact) mass is 285 g/mol. The van der Waals surface area contributed by atoms with Gasteiger partial charge in [-0.15, -0.1) is 0 Å². The number of nitrogens with one attached hydrogen (secondary N) is 1. The molecule has 0 amide bonds. The molecule has 2 rings (SSSR count). The second kappa shape index (κ2) is 6.71. The van der Waals surface area contributed by atoms with Gasteiger partial charge in [-0.05, 0) is 29.7 Å². The van der Waals surface area contributed by atoms with Crippen molar-refractivity contribution in [3.63, 3.8) is 0 Å². The molecule has 1 aromatic heterocycles. The van der Waals surface area contributed by atoms with Gasteiger partial charge in [-0.3, -0.25) is 0 Å². The first-order valence-corrected chi connectivity index (χ1v) is 6.67. The molecule has 0 radical (unpaired) electrons. The molecule has 2 aromatic rings. The number of nitrogens with zero attached hydrogens (tertiary/aromatic N) is 2. The number of hydrogen-bond acceptors (Lipinski definition) is 4. The van der Waals surface area contributed by atoms with Crippen molar-refractivity contribution in [1.82, 2.24) is 4.98 Å². The number of oxazole rings is 1. The number of anilines is 1. The van der Waals surface area contributed by atoms with Gasteiger partial charge in [0.15, 0.2) is 0 Å². The Kier molecular flexibility index (Phi) is 4.72.